The molecule has 1 aliphatic rings. The number of rotatable bonds is 2. The topological polar surface area (TPSA) is 81.1 Å². The molecule has 1 atom stereocenters. The first kappa shape index (κ1) is 12.1. The molecule has 1 fully saturated rings. The monoisotopic (exact) mass is 257 g/mol. The van der Waals surface area contributed by atoms with Crippen molar-refractivity contribution in [3.8, 4) is 0 Å². The fraction of sp³-hybridized carbons (Fsp3) is 0.600. The highest BCUT2D eigenvalue weighted by molar-refractivity contribution is 7.91. The van der Waals surface area contributed by atoms with Crippen LogP contribution in [0.25, 0.3) is 0 Å². The molecular formula is C10H15N3O3S. The number of sulfone groups is 1. The fourth-order valence-corrected chi connectivity index (χ4v) is 3.56. The summed E-state index contributed by atoms with van der Waals surface area (Å²) in [6.45, 7) is 0. The number of hydrogen-bond acceptors (Lipinski definition) is 5. The van der Waals surface area contributed by atoms with Crippen molar-refractivity contribution >= 4 is 15.7 Å². The molecule has 0 aliphatic carbocycles. The average Bonchev–Trinajstić information content (AvgIpc) is 2.23. The lowest BCUT2D eigenvalue weighted by molar-refractivity contribution is 0.561. The van der Waals surface area contributed by atoms with Crippen molar-refractivity contribution in [3.05, 3.63) is 22.7 Å². The summed E-state index contributed by atoms with van der Waals surface area (Å²) in [6, 6.07) is -0.212. The Morgan fingerprint density at radius 3 is 3.00 bits per heavy atom. The summed E-state index contributed by atoms with van der Waals surface area (Å²) in [5, 5.41) is 2.92. The van der Waals surface area contributed by atoms with Gasteiger partial charge >= 0.3 is 0 Å². The first-order chi connectivity index (χ1) is 7.98. The maximum atomic E-state index is 11.7. The largest absolute Gasteiger partial charge is 0.362 e. The number of aryl methyl sites for hydroxylation is 1. The van der Waals surface area contributed by atoms with Crippen LogP contribution in [0.4, 0.5) is 5.82 Å². The number of hydrogen-bond donors (Lipinski definition) is 1. The molecule has 0 aromatic carbocycles. The normalized spacial score (nSPS) is 23.2. The van der Waals surface area contributed by atoms with Gasteiger partial charge in [0.05, 0.1) is 11.5 Å². The number of nitrogens with zero attached hydrogens (tertiary/aromatic N) is 2. The van der Waals surface area contributed by atoms with Gasteiger partial charge in [-0.15, -0.1) is 0 Å². The molecule has 1 aromatic rings. The predicted octanol–water partition coefficient (Wildman–Crippen LogP) is -0.231. The van der Waals surface area contributed by atoms with E-state index < -0.39 is 9.84 Å². The Morgan fingerprint density at radius 2 is 2.29 bits per heavy atom. The zero-order valence-electron chi connectivity index (χ0n) is 9.59. The van der Waals surface area contributed by atoms with E-state index in [1.807, 2.05) is 0 Å². The Bertz CT molecular complexity index is 564. The first-order valence-corrected chi connectivity index (χ1v) is 7.29. The molecule has 6 nitrogen and oxygen atoms in total. The van der Waals surface area contributed by atoms with E-state index in [0.29, 0.717) is 6.42 Å². The minimum absolute atomic E-state index is 0.0761. The van der Waals surface area contributed by atoms with Gasteiger partial charge in [0, 0.05) is 25.5 Å². The standard InChI is InChI=1S/C10H15N3O3S/c1-13-5-4-11-9(10(13)14)12-8-3-2-6-17(15,16)7-8/h4-5,8H,2-3,6-7H2,1H3,(H,11,12). The Morgan fingerprint density at radius 1 is 1.53 bits per heavy atom. The Balaban J connectivity index is 2.16. The van der Waals surface area contributed by atoms with Crippen LogP contribution in [-0.4, -0.2) is 35.5 Å². The SMILES string of the molecule is Cn1ccnc(NC2CCCS(=O)(=O)C2)c1=O. The van der Waals surface area contributed by atoms with Gasteiger partial charge in [-0.2, -0.15) is 0 Å². The summed E-state index contributed by atoms with van der Waals surface area (Å²) in [7, 11) is -1.34. The highest BCUT2D eigenvalue weighted by atomic mass is 32.2. The average molecular weight is 257 g/mol. The molecule has 2 heterocycles. The van der Waals surface area contributed by atoms with Crippen LogP contribution < -0.4 is 10.9 Å². The van der Waals surface area contributed by atoms with Gasteiger partial charge in [-0.05, 0) is 12.8 Å². The summed E-state index contributed by atoms with van der Waals surface area (Å²) >= 11 is 0. The number of nitrogens with one attached hydrogen (secondary N) is 1. The van der Waals surface area contributed by atoms with E-state index in [1.165, 1.54) is 10.8 Å². The molecule has 0 saturated carbocycles. The van der Waals surface area contributed by atoms with Crippen molar-refractivity contribution < 1.29 is 8.42 Å². The Kier molecular flexibility index (Phi) is 3.19. The predicted molar refractivity (Wildman–Crippen MR) is 64.8 cm³/mol. The summed E-state index contributed by atoms with van der Waals surface area (Å²) in [4.78, 5) is 15.6. The maximum absolute atomic E-state index is 11.7. The van der Waals surface area contributed by atoms with E-state index in [4.69, 9.17) is 0 Å². The molecule has 1 saturated heterocycles. The van der Waals surface area contributed by atoms with Crippen LogP contribution in [0.1, 0.15) is 12.8 Å². The van der Waals surface area contributed by atoms with Gasteiger partial charge in [0.25, 0.3) is 5.56 Å². The summed E-state index contributed by atoms with van der Waals surface area (Å²) in [6.07, 6.45) is 4.46. The zero-order valence-corrected chi connectivity index (χ0v) is 10.4. The number of anilines is 1. The van der Waals surface area contributed by atoms with Crippen molar-refractivity contribution in [1.29, 1.82) is 0 Å². The molecule has 0 bridgehead atoms. The van der Waals surface area contributed by atoms with Crippen LogP contribution in [0.2, 0.25) is 0 Å². The molecule has 0 amide bonds. The smallest absolute Gasteiger partial charge is 0.293 e. The third-order valence-corrected chi connectivity index (χ3v) is 4.64. The van der Waals surface area contributed by atoms with E-state index in [0.717, 1.165) is 6.42 Å². The maximum Gasteiger partial charge on any atom is 0.293 e. The van der Waals surface area contributed by atoms with Crippen LogP contribution >= 0.6 is 0 Å². The Labute approximate surface area is 99.6 Å². The highest BCUT2D eigenvalue weighted by Crippen LogP contribution is 2.14. The van der Waals surface area contributed by atoms with E-state index in [2.05, 4.69) is 10.3 Å². The van der Waals surface area contributed by atoms with Crippen molar-refractivity contribution in [2.24, 2.45) is 7.05 Å². The molecule has 17 heavy (non-hydrogen) atoms. The second kappa shape index (κ2) is 4.48. The lowest BCUT2D eigenvalue weighted by Gasteiger charge is -2.23. The van der Waals surface area contributed by atoms with Crippen LogP contribution in [0, 0.1) is 0 Å². The van der Waals surface area contributed by atoms with E-state index in [1.54, 1.807) is 13.2 Å². The Hall–Kier alpha value is -1.37. The summed E-state index contributed by atoms with van der Waals surface area (Å²) < 4.78 is 24.3. The van der Waals surface area contributed by atoms with Crippen LogP contribution in [0.3, 0.4) is 0 Å². The molecule has 94 valence electrons. The fourth-order valence-electron chi connectivity index (χ4n) is 1.93. The molecule has 1 unspecified atom stereocenters. The highest BCUT2D eigenvalue weighted by Gasteiger charge is 2.25. The second-order valence-corrected chi connectivity index (χ2v) is 6.52. The van der Waals surface area contributed by atoms with Crippen molar-refractivity contribution in [2.75, 3.05) is 16.8 Å². The lowest BCUT2D eigenvalue weighted by atomic mass is 10.2. The molecule has 1 N–H and O–H groups in total. The van der Waals surface area contributed by atoms with Gasteiger partial charge < -0.3 is 9.88 Å². The van der Waals surface area contributed by atoms with Crippen LogP contribution in [0.5, 0.6) is 0 Å². The van der Waals surface area contributed by atoms with Gasteiger partial charge in [-0.1, -0.05) is 0 Å². The number of aromatic nitrogens is 2. The quantitative estimate of drug-likeness (QED) is 0.791. The molecule has 0 spiro atoms. The van der Waals surface area contributed by atoms with E-state index in [-0.39, 0.29) is 28.9 Å². The third-order valence-electron chi connectivity index (χ3n) is 2.82. The van der Waals surface area contributed by atoms with E-state index in [9.17, 15) is 13.2 Å². The van der Waals surface area contributed by atoms with Crippen LogP contribution in [-0.2, 0) is 16.9 Å². The zero-order chi connectivity index (χ0) is 12.5. The minimum atomic E-state index is -2.97. The van der Waals surface area contributed by atoms with Gasteiger partial charge in [0.15, 0.2) is 15.7 Å². The van der Waals surface area contributed by atoms with Gasteiger partial charge in [-0.25, -0.2) is 13.4 Å². The molecule has 0 radical (unpaired) electrons. The van der Waals surface area contributed by atoms with Crippen molar-refractivity contribution in [3.63, 3.8) is 0 Å². The summed E-state index contributed by atoms with van der Waals surface area (Å²) in [5.41, 5.74) is -0.240. The van der Waals surface area contributed by atoms with E-state index >= 15 is 0 Å². The lowest BCUT2D eigenvalue weighted by Crippen LogP contribution is -2.37. The molecule has 7 heteroatoms. The van der Waals surface area contributed by atoms with Gasteiger partial charge in [-0.3, -0.25) is 4.79 Å². The minimum Gasteiger partial charge on any atom is -0.362 e. The first-order valence-electron chi connectivity index (χ1n) is 5.46. The molecule has 1 aromatic heterocycles. The van der Waals surface area contributed by atoms with Gasteiger partial charge in [0.1, 0.15) is 0 Å². The molecular weight excluding hydrogens is 242 g/mol. The van der Waals surface area contributed by atoms with Crippen molar-refractivity contribution in [2.45, 2.75) is 18.9 Å². The van der Waals surface area contributed by atoms with Gasteiger partial charge in [0.2, 0.25) is 0 Å². The second-order valence-electron chi connectivity index (χ2n) is 4.29. The van der Waals surface area contributed by atoms with Crippen LogP contribution in [0.15, 0.2) is 17.2 Å². The van der Waals surface area contributed by atoms with Crippen molar-refractivity contribution in [1.82, 2.24) is 9.55 Å². The summed E-state index contributed by atoms with van der Waals surface area (Å²) in [5.74, 6) is 0.537. The molecule has 1 aliphatic heterocycles. The third kappa shape index (κ3) is 2.85. The molecule has 2 rings (SSSR count).